The molecule has 1 saturated heterocycles. The Labute approximate surface area is 92.4 Å². The fraction of sp³-hybridized carbons (Fsp3) is 0.909. The molecule has 1 aliphatic rings. The van der Waals surface area contributed by atoms with Crippen LogP contribution in [0.3, 0.4) is 0 Å². The van der Waals surface area contributed by atoms with E-state index in [-0.39, 0.29) is 11.4 Å². The third kappa shape index (κ3) is 2.92. The van der Waals surface area contributed by atoms with Crippen LogP contribution in [0.4, 0.5) is 0 Å². The van der Waals surface area contributed by atoms with Crippen LogP contribution < -0.4 is 5.73 Å². The van der Waals surface area contributed by atoms with Gasteiger partial charge in [-0.2, -0.15) is 0 Å². The van der Waals surface area contributed by atoms with Gasteiger partial charge in [-0.25, -0.2) is 0 Å². The summed E-state index contributed by atoms with van der Waals surface area (Å²) < 4.78 is 0. The highest BCUT2D eigenvalue weighted by Gasteiger charge is 2.29. The Morgan fingerprint density at radius 3 is 2.20 bits per heavy atom. The summed E-state index contributed by atoms with van der Waals surface area (Å²) in [4.78, 5) is 15.8. The maximum Gasteiger partial charge on any atom is 0.222 e. The Balaban J connectivity index is 2.46. The molecule has 15 heavy (non-hydrogen) atoms. The number of hydrogen-bond acceptors (Lipinski definition) is 3. The summed E-state index contributed by atoms with van der Waals surface area (Å²) in [5, 5.41) is 0. The Morgan fingerprint density at radius 2 is 1.80 bits per heavy atom. The van der Waals surface area contributed by atoms with E-state index in [4.69, 9.17) is 5.73 Å². The zero-order valence-corrected chi connectivity index (χ0v) is 10.1. The summed E-state index contributed by atoms with van der Waals surface area (Å²) in [6.07, 6.45) is 0.611. The summed E-state index contributed by atoms with van der Waals surface area (Å²) in [5.74, 6) is 0.264. The lowest BCUT2D eigenvalue weighted by molar-refractivity contribution is -0.133. The van der Waals surface area contributed by atoms with Crippen molar-refractivity contribution in [3.8, 4) is 0 Å². The van der Waals surface area contributed by atoms with Gasteiger partial charge in [-0.3, -0.25) is 9.69 Å². The van der Waals surface area contributed by atoms with Gasteiger partial charge in [0.15, 0.2) is 0 Å². The van der Waals surface area contributed by atoms with Gasteiger partial charge in [0.25, 0.3) is 0 Å². The van der Waals surface area contributed by atoms with Crippen LogP contribution in [0.1, 0.15) is 27.2 Å². The van der Waals surface area contributed by atoms with Crippen molar-refractivity contribution < 1.29 is 4.79 Å². The van der Waals surface area contributed by atoms with Gasteiger partial charge in [0.1, 0.15) is 0 Å². The van der Waals surface area contributed by atoms with Gasteiger partial charge in [0, 0.05) is 44.7 Å². The second-order valence-corrected chi connectivity index (χ2v) is 4.74. The first-order valence-corrected chi connectivity index (χ1v) is 5.74. The topological polar surface area (TPSA) is 49.6 Å². The average molecular weight is 213 g/mol. The summed E-state index contributed by atoms with van der Waals surface area (Å²) in [6.45, 7) is 10.5. The van der Waals surface area contributed by atoms with E-state index in [1.807, 2.05) is 11.8 Å². The first-order chi connectivity index (χ1) is 7.01. The summed E-state index contributed by atoms with van der Waals surface area (Å²) in [6, 6.07) is 0. The Morgan fingerprint density at radius 1 is 1.27 bits per heavy atom. The van der Waals surface area contributed by atoms with Crippen LogP contribution in [-0.2, 0) is 4.79 Å². The number of carbonyl (C=O) groups is 1. The first kappa shape index (κ1) is 12.5. The molecule has 0 aromatic rings. The van der Waals surface area contributed by atoms with Crippen LogP contribution in [0, 0.1) is 0 Å². The van der Waals surface area contributed by atoms with Gasteiger partial charge in [-0.05, 0) is 13.8 Å². The summed E-state index contributed by atoms with van der Waals surface area (Å²) >= 11 is 0. The number of nitrogens with zero attached hydrogens (tertiary/aromatic N) is 2. The van der Waals surface area contributed by atoms with Gasteiger partial charge in [-0.1, -0.05) is 6.92 Å². The predicted octanol–water partition coefficient (Wildman–Crippen LogP) is 0.278. The lowest BCUT2D eigenvalue weighted by Gasteiger charge is -2.43. The molecule has 1 heterocycles. The van der Waals surface area contributed by atoms with Crippen molar-refractivity contribution in [1.82, 2.24) is 9.80 Å². The molecule has 1 rings (SSSR count). The van der Waals surface area contributed by atoms with E-state index >= 15 is 0 Å². The van der Waals surface area contributed by atoms with Crippen molar-refractivity contribution in [2.45, 2.75) is 32.7 Å². The zero-order chi connectivity index (χ0) is 11.5. The molecular formula is C11H23N3O. The number of nitrogens with two attached hydrogens (primary N) is 1. The normalized spacial score (nSPS) is 19.3. The van der Waals surface area contributed by atoms with Crippen LogP contribution >= 0.6 is 0 Å². The molecule has 1 fully saturated rings. The monoisotopic (exact) mass is 213 g/mol. The van der Waals surface area contributed by atoms with Crippen molar-refractivity contribution in [2.24, 2.45) is 5.73 Å². The van der Waals surface area contributed by atoms with Crippen molar-refractivity contribution >= 4 is 5.91 Å². The third-order valence-corrected chi connectivity index (χ3v) is 3.29. The highest BCUT2D eigenvalue weighted by Crippen LogP contribution is 2.15. The first-order valence-electron chi connectivity index (χ1n) is 5.74. The van der Waals surface area contributed by atoms with Crippen LogP contribution in [0.15, 0.2) is 0 Å². The maximum absolute atomic E-state index is 11.5. The molecule has 4 nitrogen and oxygen atoms in total. The number of piperazine rings is 1. The molecule has 0 aliphatic carbocycles. The minimum Gasteiger partial charge on any atom is -0.340 e. The third-order valence-electron chi connectivity index (χ3n) is 3.29. The maximum atomic E-state index is 11.5. The SMILES string of the molecule is CCC(=O)N1CCN(C(C)(C)CN)CC1. The molecule has 0 saturated carbocycles. The second-order valence-electron chi connectivity index (χ2n) is 4.74. The van der Waals surface area contributed by atoms with Crippen LogP contribution in [-0.4, -0.2) is 54.0 Å². The molecule has 0 radical (unpaired) electrons. The molecule has 0 aromatic carbocycles. The van der Waals surface area contributed by atoms with E-state index in [0.717, 1.165) is 26.2 Å². The van der Waals surface area contributed by atoms with Gasteiger partial charge in [-0.15, -0.1) is 0 Å². The van der Waals surface area contributed by atoms with Gasteiger partial charge in [0.05, 0.1) is 0 Å². The van der Waals surface area contributed by atoms with Crippen molar-refractivity contribution in [3.63, 3.8) is 0 Å². The van der Waals surface area contributed by atoms with E-state index in [9.17, 15) is 4.79 Å². The van der Waals surface area contributed by atoms with E-state index in [0.29, 0.717) is 13.0 Å². The highest BCUT2D eigenvalue weighted by atomic mass is 16.2. The molecule has 0 aromatic heterocycles. The number of hydrogen-bond donors (Lipinski definition) is 1. The van der Waals surface area contributed by atoms with Crippen molar-refractivity contribution in [1.29, 1.82) is 0 Å². The Kier molecular flexibility index (Phi) is 4.11. The molecule has 2 N–H and O–H groups in total. The summed E-state index contributed by atoms with van der Waals surface area (Å²) in [7, 11) is 0. The van der Waals surface area contributed by atoms with Gasteiger partial charge >= 0.3 is 0 Å². The lowest BCUT2D eigenvalue weighted by atomic mass is 10.0. The van der Waals surface area contributed by atoms with Crippen LogP contribution in [0.25, 0.3) is 0 Å². The molecule has 0 bridgehead atoms. The number of carbonyl (C=O) groups excluding carboxylic acids is 1. The van der Waals surface area contributed by atoms with Crippen molar-refractivity contribution in [3.05, 3.63) is 0 Å². The molecule has 1 amide bonds. The standard InChI is InChI=1S/C11H23N3O/c1-4-10(15)13-5-7-14(8-6-13)11(2,3)9-12/h4-9,12H2,1-3H3. The molecule has 4 heteroatoms. The quantitative estimate of drug-likeness (QED) is 0.732. The van der Waals surface area contributed by atoms with Gasteiger partial charge < -0.3 is 10.6 Å². The largest absolute Gasteiger partial charge is 0.340 e. The fourth-order valence-electron chi connectivity index (χ4n) is 1.91. The number of rotatable bonds is 3. The Hall–Kier alpha value is -0.610. The fourth-order valence-corrected chi connectivity index (χ4v) is 1.91. The molecule has 0 unspecified atom stereocenters. The molecule has 0 spiro atoms. The number of amides is 1. The molecule has 1 aliphatic heterocycles. The highest BCUT2D eigenvalue weighted by molar-refractivity contribution is 5.75. The van der Waals surface area contributed by atoms with Gasteiger partial charge in [0.2, 0.25) is 5.91 Å². The van der Waals surface area contributed by atoms with E-state index in [1.165, 1.54) is 0 Å². The Bertz CT molecular complexity index is 220. The molecular weight excluding hydrogens is 190 g/mol. The van der Waals surface area contributed by atoms with E-state index in [2.05, 4.69) is 18.7 Å². The molecule has 88 valence electrons. The van der Waals surface area contributed by atoms with E-state index < -0.39 is 0 Å². The van der Waals surface area contributed by atoms with E-state index in [1.54, 1.807) is 0 Å². The summed E-state index contributed by atoms with van der Waals surface area (Å²) in [5.41, 5.74) is 5.79. The minimum atomic E-state index is 0.0569. The average Bonchev–Trinajstić information content (AvgIpc) is 2.28. The smallest absolute Gasteiger partial charge is 0.222 e. The zero-order valence-electron chi connectivity index (χ0n) is 10.1. The minimum absolute atomic E-state index is 0.0569. The van der Waals surface area contributed by atoms with Crippen LogP contribution in [0.5, 0.6) is 0 Å². The predicted molar refractivity (Wildman–Crippen MR) is 61.6 cm³/mol. The molecule has 0 atom stereocenters. The van der Waals surface area contributed by atoms with Crippen LogP contribution in [0.2, 0.25) is 0 Å². The van der Waals surface area contributed by atoms with Crippen molar-refractivity contribution in [2.75, 3.05) is 32.7 Å². The second kappa shape index (κ2) is 4.94. The lowest BCUT2D eigenvalue weighted by Crippen LogP contribution is -2.58.